The Bertz CT molecular complexity index is 773. The number of nitrogens with one attached hydrogen (secondary N) is 1. The Labute approximate surface area is 128 Å². The van der Waals surface area contributed by atoms with Crippen molar-refractivity contribution in [2.75, 3.05) is 4.72 Å². The number of para-hydroxylation sites is 1. The summed E-state index contributed by atoms with van der Waals surface area (Å²) in [6, 6.07) is 7.15. The summed E-state index contributed by atoms with van der Waals surface area (Å²) in [5.74, 6) is 0. The molecule has 20 heavy (non-hydrogen) atoms. The van der Waals surface area contributed by atoms with Crippen LogP contribution in [0.1, 0.15) is 0 Å². The highest BCUT2D eigenvalue weighted by Crippen LogP contribution is 2.37. The molecule has 0 aliphatic carbocycles. The zero-order valence-corrected chi connectivity index (χ0v) is 12.7. The van der Waals surface area contributed by atoms with Gasteiger partial charge < -0.3 is 0 Å². The van der Waals surface area contributed by atoms with Crippen LogP contribution in [-0.2, 0) is 10.0 Å². The number of hydrogen-bond acceptors (Lipinski definition) is 5. The number of hydrogen-bond donors (Lipinski definition) is 1. The summed E-state index contributed by atoms with van der Waals surface area (Å²) in [6.07, 6.45) is 0. The summed E-state index contributed by atoms with van der Waals surface area (Å²) >= 11 is 12.1. The van der Waals surface area contributed by atoms with Crippen LogP contribution in [0.3, 0.4) is 0 Å². The maximum atomic E-state index is 12.1. The molecule has 0 aliphatic heterocycles. The van der Waals surface area contributed by atoms with Crippen molar-refractivity contribution in [1.82, 2.24) is 0 Å². The number of halogens is 2. The molecule has 0 unspecified atom stereocenters. The van der Waals surface area contributed by atoms with Crippen LogP contribution in [0.4, 0.5) is 11.4 Å². The Morgan fingerprint density at radius 3 is 2.45 bits per heavy atom. The van der Waals surface area contributed by atoms with Crippen molar-refractivity contribution in [2.45, 2.75) is 4.21 Å². The standard InChI is InChI=1S/C10H6Cl2N2O4S2/c11-6-3-1-2-4-7(6)13-20(17,18)9-5-8(14(15)16)10(12)19-9/h1-5,13H. The van der Waals surface area contributed by atoms with E-state index in [-0.39, 0.29) is 19.3 Å². The molecule has 1 aromatic carbocycles. The van der Waals surface area contributed by atoms with Crippen LogP contribution in [0.25, 0.3) is 0 Å². The Kier molecular flexibility index (Phi) is 4.19. The number of nitro groups is 1. The van der Waals surface area contributed by atoms with E-state index in [1.54, 1.807) is 12.1 Å². The summed E-state index contributed by atoms with van der Waals surface area (Å²) in [5.41, 5.74) is -0.266. The van der Waals surface area contributed by atoms with Gasteiger partial charge in [0.25, 0.3) is 15.7 Å². The second-order valence-electron chi connectivity index (χ2n) is 3.57. The van der Waals surface area contributed by atoms with E-state index in [1.165, 1.54) is 12.1 Å². The summed E-state index contributed by atoms with van der Waals surface area (Å²) in [6.45, 7) is 0. The second-order valence-corrected chi connectivity index (χ2v) is 7.54. The molecule has 1 heterocycles. The van der Waals surface area contributed by atoms with Crippen molar-refractivity contribution in [3.05, 3.63) is 49.8 Å². The van der Waals surface area contributed by atoms with Gasteiger partial charge in [-0.15, -0.1) is 11.3 Å². The number of benzene rings is 1. The first kappa shape index (κ1) is 15.0. The van der Waals surface area contributed by atoms with Crippen molar-refractivity contribution in [3.63, 3.8) is 0 Å². The lowest BCUT2D eigenvalue weighted by Gasteiger charge is -2.07. The van der Waals surface area contributed by atoms with Gasteiger partial charge in [0, 0.05) is 6.07 Å². The van der Waals surface area contributed by atoms with Crippen LogP contribution in [0, 0.1) is 10.1 Å². The number of thiophene rings is 1. The Balaban J connectivity index is 2.39. The van der Waals surface area contributed by atoms with Gasteiger partial charge in [0.1, 0.15) is 4.21 Å². The normalized spacial score (nSPS) is 11.3. The van der Waals surface area contributed by atoms with Gasteiger partial charge >= 0.3 is 0 Å². The van der Waals surface area contributed by atoms with E-state index < -0.39 is 20.6 Å². The molecule has 6 nitrogen and oxygen atoms in total. The van der Waals surface area contributed by atoms with Crippen LogP contribution in [-0.4, -0.2) is 13.3 Å². The molecule has 0 atom stereocenters. The van der Waals surface area contributed by atoms with Crippen molar-refractivity contribution in [1.29, 1.82) is 0 Å². The molecular weight excluding hydrogens is 347 g/mol. The molecule has 0 saturated heterocycles. The molecule has 2 aromatic rings. The first-order valence-corrected chi connectivity index (χ1v) is 8.08. The SMILES string of the molecule is O=[N+]([O-])c1cc(S(=O)(=O)Nc2ccccc2Cl)sc1Cl. The van der Waals surface area contributed by atoms with E-state index in [0.29, 0.717) is 11.3 Å². The lowest BCUT2D eigenvalue weighted by Crippen LogP contribution is -2.11. The lowest BCUT2D eigenvalue weighted by atomic mass is 10.3. The number of rotatable bonds is 4. The van der Waals surface area contributed by atoms with E-state index >= 15 is 0 Å². The van der Waals surface area contributed by atoms with E-state index in [4.69, 9.17) is 23.2 Å². The van der Waals surface area contributed by atoms with Crippen molar-refractivity contribution in [3.8, 4) is 0 Å². The third-order valence-electron chi connectivity index (χ3n) is 2.23. The molecule has 0 radical (unpaired) electrons. The fourth-order valence-electron chi connectivity index (χ4n) is 1.33. The Morgan fingerprint density at radius 1 is 1.25 bits per heavy atom. The van der Waals surface area contributed by atoms with Crippen LogP contribution in [0.2, 0.25) is 9.36 Å². The molecular formula is C10H6Cl2N2O4S2. The van der Waals surface area contributed by atoms with Gasteiger partial charge in [0.05, 0.1) is 15.6 Å². The number of anilines is 1. The van der Waals surface area contributed by atoms with Crippen LogP contribution >= 0.6 is 34.5 Å². The van der Waals surface area contributed by atoms with Crippen LogP contribution in [0.15, 0.2) is 34.5 Å². The van der Waals surface area contributed by atoms with Gasteiger partial charge in [-0.05, 0) is 12.1 Å². The van der Waals surface area contributed by atoms with E-state index in [1.807, 2.05) is 0 Å². The predicted octanol–water partition coefficient (Wildman–Crippen LogP) is 3.76. The van der Waals surface area contributed by atoms with Gasteiger partial charge in [0.2, 0.25) is 0 Å². The minimum absolute atomic E-state index is 0.182. The molecule has 106 valence electrons. The maximum Gasteiger partial charge on any atom is 0.300 e. The topological polar surface area (TPSA) is 89.3 Å². The Hall–Kier alpha value is -1.35. The number of sulfonamides is 1. The van der Waals surface area contributed by atoms with E-state index in [9.17, 15) is 18.5 Å². The van der Waals surface area contributed by atoms with Gasteiger partial charge in [-0.3, -0.25) is 14.8 Å². The molecule has 0 bridgehead atoms. The number of nitrogens with zero attached hydrogens (tertiary/aromatic N) is 1. The largest absolute Gasteiger partial charge is 0.300 e. The molecule has 0 amide bonds. The highest BCUT2D eigenvalue weighted by Gasteiger charge is 2.25. The smallest absolute Gasteiger partial charge is 0.277 e. The minimum Gasteiger partial charge on any atom is -0.277 e. The van der Waals surface area contributed by atoms with E-state index in [0.717, 1.165) is 6.07 Å². The monoisotopic (exact) mass is 352 g/mol. The average Bonchev–Trinajstić information content (AvgIpc) is 2.75. The highest BCUT2D eigenvalue weighted by molar-refractivity contribution is 7.94. The lowest BCUT2D eigenvalue weighted by molar-refractivity contribution is -0.384. The Morgan fingerprint density at radius 2 is 1.90 bits per heavy atom. The predicted molar refractivity (Wildman–Crippen MR) is 78.2 cm³/mol. The van der Waals surface area contributed by atoms with Gasteiger partial charge in [-0.1, -0.05) is 35.3 Å². The van der Waals surface area contributed by atoms with Gasteiger partial charge in [0.15, 0.2) is 4.34 Å². The molecule has 2 rings (SSSR count). The first-order chi connectivity index (χ1) is 9.31. The third-order valence-corrected chi connectivity index (χ3v) is 5.73. The van der Waals surface area contributed by atoms with Gasteiger partial charge in [-0.2, -0.15) is 0 Å². The first-order valence-electron chi connectivity index (χ1n) is 5.02. The molecule has 0 spiro atoms. The van der Waals surface area contributed by atoms with Gasteiger partial charge in [-0.25, -0.2) is 8.42 Å². The molecule has 0 fully saturated rings. The van der Waals surface area contributed by atoms with Crippen molar-refractivity contribution < 1.29 is 13.3 Å². The van der Waals surface area contributed by atoms with Crippen molar-refractivity contribution in [2.24, 2.45) is 0 Å². The van der Waals surface area contributed by atoms with Crippen molar-refractivity contribution >= 4 is 55.9 Å². The summed E-state index contributed by atoms with van der Waals surface area (Å²) in [7, 11) is -3.98. The zero-order valence-electron chi connectivity index (χ0n) is 9.54. The maximum absolute atomic E-state index is 12.1. The van der Waals surface area contributed by atoms with E-state index in [2.05, 4.69) is 4.72 Å². The van der Waals surface area contributed by atoms with Crippen LogP contribution < -0.4 is 4.72 Å². The summed E-state index contributed by atoms with van der Waals surface area (Å²) in [5, 5.41) is 10.9. The second kappa shape index (κ2) is 5.57. The average molecular weight is 353 g/mol. The quantitative estimate of drug-likeness (QED) is 0.669. The molecule has 1 aromatic heterocycles. The van der Waals surface area contributed by atoms with Crippen LogP contribution in [0.5, 0.6) is 0 Å². The molecule has 0 saturated carbocycles. The molecule has 0 aliphatic rings. The third kappa shape index (κ3) is 3.04. The fourth-order valence-corrected chi connectivity index (χ4v) is 4.32. The summed E-state index contributed by atoms with van der Waals surface area (Å²) < 4.78 is 26.0. The molecule has 10 heteroatoms. The summed E-state index contributed by atoms with van der Waals surface area (Å²) in [4.78, 5) is 9.92. The fraction of sp³-hybridized carbons (Fsp3) is 0. The minimum atomic E-state index is -3.98. The molecule has 1 N–H and O–H groups in total. The zero-order chi connectivity index (χ0) is 14.9. The highest BCUT2D eigenvalue weighted by atomic mass is 35.5.